The second-order valence-electron chi connectivity index (χ2n) is 7.96. The molecule has 3 aromatic rings. The fourth-order valence-corrected chi connectivity index (χ4v) is 4.28. The largest absolute Gasteiger partial charge is 0.454 e. The van der Waals surface area contributed by atoms with Crippen molar-refractivity contribution < 1.29 is 32.3 Å². The average Bonchev–Trinajstić information content (AvgIpc) is 3.11. The molecule has 3 N–H and O–H groups in total. The minimum absolute atomic E-state index is 0.00177. The van der Waals surface area contributed by atoms with Crippen LogP contribution in [0.2, 0.25) is 0 Å². The Balaban J connectivity index is 1.48. The number of anilines is 1. The molecule has 4 rings (SSSR count). The zero-order valence-electron chi connectivity index (χ0n) is 18.8. The Labute approximate surface area is 206 Å². The Morgan fingerprint density at radius 3 is 1.97 bits per heavy atom. The van der Waals surface area contributed by atoms with Crippen LogP contribution in [-0.2, 0) is 30.8 Å². The summed E-state index contributed by atoms with van der Waals surface area (Å²) in [6.07, 6.45) is 0.00177. The fourth-order valence-electron chi connectivity index (χ4n) is 3.77. The van der Waals surface area contributed by atoms with Gasteiger partial charge in [0.15, 0.2) is 6.61 Å². The minimum Gasteiger partial charge on any atom is -0.454 e. The number of amides is 3. The van der Waals surface area contributed by atoms with E-state index in [0.717, 1.165) is 4.90 Å². The van der Waals surface area contributed by atoms with E-state index in [1.807, 2.05) is 0 Å². The average molecular weight is 508 g/mol. The third kappa shape index (κ3) is 5.32. The SMILES string of the molecule is NS(=O)(=O)c1ccc(NC(=O)COC(=O)C(Cc2ccccc2)N2C(=O)c3ccccc3C2=O)cc1. The van der Waals surface area contributed by atoms with E-state index >= 15 is 0 Å². The Kier molecular flexibility index (Phi) is 6.95. The summed E-state index contributed by atoms with van der Waals surface area (Å²) in [6, 6.07) is 18.9. The molecule has 10 nitrogen and oxygen atoms in total. The maximum absolute atomic E-state index is 13.1. The van der Waals surface area contributed by atoms with Crippen molar-refractivity contribution in [2.75, 3.05) is 11.9 Å². The number of fused-ring (bicyclic) bond motifs is 1. The van der Waals surface area contributed by atoms with Crippen molar-refractivity contribution in [2.45, 2.75) is 17.4 Å². The van der Waals surface area contributed by atoms with E-state index in [1.54, 1.807) is 42.5 Å². The van der Waals surface area contributed by atoms with Crippen molar-refractivity contribution in [3.8, 4) is 0 Å². The van der Waals surface area contributed by atoms with Gasteiger partial charge in [-0.25, -0.2) is 18.4 Å². The van der Waals surface area contributed by atoms with Crippen molar-refractivity contribution in [1.82, 2.24) is 4.90 Å². The molecule has 0 bridgehead atoms. The number of hydrogen-bond acceptors (Lipinski definition) is 7. The van der Waals surface area contributed by atoms with E-state index in [4.69, 9.17) is 9.88 Å². The Morgan fingerprint density at radius 1 is 0.861 bits per heavy atom. The van der Waals surface area contributed by atoms with Crippen LogP contribution < -0.4 is 10.5 Å². The highest BCUT2D eigenvalue weighted by Gasteiger charge is 2.43. The van der Waals surface area contributed by atoms with Gasteiger partial charge in [0.1, 0.15) is 6.04 Å². The molecule has 3 aromatic carbocycles. The van der Waals surface area contributed by atoms with Crippen molar-refractivity contribution >= 4 is 39.4 Å². The van der Waals surface area contributed by atoms with Crippen molar-refractivity contribution in [2.24, 2.45) is 5.14 Å². The molecule has 1 aliphatic rings. The third-order valence-corrected chi connectivity index (χ3v) is 6.42. The van der Waals surface area contributed by atoms with Crippen LogP contribution in [0.1, 0.15) is 26.3 Å². The number of hydrogen-bond donors (Lipinski definition) is 2. The molecule has 0 aromatic heterocycles. The quantitative estimate of drug-likeness (QED) is 0.348. The Morgan fingerprint density at radius 2 is 1.42 bits per heavy atom. The van der Waals surface area contributed by atoms with Crippen LogP contribution >= 0.6 is 0 Å². The van der Waals surface area contributed by atoms with Crippen LogP contribution in [0.25, 0.3) is 0 Å². The zero-order chi connectivity index (χ0) is 25.9. The highest BCUT2D eigenvalue weighted by molar-refractivity contribution is 7.89. The number of nitrogens with two attached hydrogens (primary N) is 1. The van der Waals surface area contributed by atoms with Crippen LogP contribution in [0.15, 0.2) is 83.8 Å². The van der Waals surface area contributed by atoms with E-state index < -0.39 is 46.4 Å². The minimum atomic E-state index is -3.88. The molecule has 0 radical (unpaired) electrons. The number of carbonyl (C=O) groups excluding carboxylic acids is 4. The number of ether oxygens (including phenoxy) is 1. The molecule has 0 fully saturated rings. The first-order valence-electron chi connectivity index (χ1n) is 10.8. The number of primary sulfonamides is 1. The summed E-state index contributed by atoms with van der Waals surface area (Å²) < 4.78 is 27.9. The van der Waals surface area contributed by atoms with Crippen LogP contribution in [0.3, 0.4) is 0 Å². The van der Waals surface area contributed by atoms with Gasteiger partial charge in [0.25, 0.3) is 17.7 Å². The number of benzene rings is 3. The molecule has 0 aliphatic carbocycles. The highest BCUT2D eigenvalue weighted by Crippen LogP contribution is 2.26. The molecule has 1 atom stereocenters. The lowest BCUT2D eigenvalue weighted by atomic mass is 10.0. The number of carbonyl (C=O) groups is 4. The summed E-state index contributed by atoms with van der Waals surface area (Å²) in [5, 5.41) is 7.51. The third-order valence-electron chi connectivity index (χ3n) is 5.49. The normalized spacial score (nSPS) is 13.8. The lowest BCUT2D eigenvalue weighted by Crippen LogP contribution is -2.47. The molecule has 1 aliphatic heterocycles. The van der Waals surface area contributed by atoms with E-state index in [0.29, 0.717) is 5.56 Å². The topological polar surface area (TPSA) is 153 Å². The lowest BCUT2D eigenvalue weighted by molar-refractivity contribution is -0.151. The maximum atomic E-state index is 13.1. The standard InChI is InChI=1S/C25H21N3O7S/c26-36(33,34)18-12-10-17(11-13-18)27-22(29)15-35-25(32)21(14-16-6-2-1-3-7-16)28-23(30)19-8-4-5-9-20(19)24(28)31/h1-13,21H,14-15H2,(H,27,29)(H2,26,33,34). The van der Waals surface area contributed by atoms with Gasteiger partial charge in [-0.2, -0.15) is 0 Å². The number of imide groups is 1. The van der Waals surface area contributed by atoms with E-state index in [1.165, 1.54) is 36.4 Å². The maximum Gasteiger partial charge on any atom is 0.330 e. The smallest absolute Gasteiger partial charge is 0.330 e. The second kappa shape index (κ2) is 10.1. The van der Waals surface area contributed by atoms with Gasteiger partial charge in [0.05, 0.1) is 16.0 Å². The van der Waals surface area contributed by atoms with Gasteiger partial charge in [-0.15, -0.1) is 0 Å². The number of nitrogens with zero attached hydrogens (tertiary/aromatic N) is 1. The first-order valence-corrected chi connectivity index (χ1v) is 12.3. The van der Waals surface area contributed by atoms with Crippen LogP contribution in [0, 0.1) is 0 Å². The van der Waals surface area contributed by atoms with E-state index in [-0.39, 0.29) is 28.1 Å². The van der Waals surface area contributed by atoms with Gasteiger partial charge in [-0.05, 0) is 42.0 Å². The van der Waals surface area contributed by atoms with Gasteiger partial charge < -0.3 is 10.1 Å². The van der Waals surface area contributed by atoms with Crippen LogP contribution in [0.4, 0.5) is 5.69 Å². The van der Waals surface area contributed by atoms with Crippen LogP contribution in [0.5, 0.6) is 0 Å². The second-order valence-corrected chi connectivity index (χ2v) is 9.52. The molecule has 36 heavy (non-hydrogen) atoms. The summed E-state index contributed by atoms with van der Waals surface area (Å²) >= 11 is 0. The molecule has 11 heteroatoms. The van der Waals surface area contributed by atoms with Crippen molar-refractivity contribution in [3.63, 3.8) is 0 Å². The molecule has 184 valence electrons. The summed E-state index contributed by atoms with van der Waals surface area (Å²) in [7, 11) is -3.88. The molecular formula is C25H21N3O7S. The lowest BCUT2D eigenvalue weighted by Gasteiger charge is -2.24. The van der Waals surface area contributed by atoms with Gasteiger partial charge >= 0.3 is 5.97 Å². The van der Waals surface area contributed by atoms with Crippen LogP contribution in [-0.4, -0.2) is 49.7 Å². The first-order chi connectivity index (χ1) is 17.1. The predicted molar refractivity (Wildman–Crippen MR) is 128 cm³/mol. The first kappa shape index (κ1) is 24.8. The summed E-state index contributed by atoms with van der Waals surface area (Å²) in [6.45, 7) is -0.690. The summed E-state index contributed by atoms with van der Waals surface area (Å²) in [4.78, 5) is 52.1. The molecule has 1 heterocycles. The number of nitrogens with one attached hydrogen (secondary N) is 1. The molecule has 0 spiro atoms. The van der Waals surface area contributed by atoms with Gasteiger partial charge in [0.2, 0.25) is 10.0 Å². The monoisotopic (exact) mass is 507 g/mol. The Hall–Kier alpha value is -4.35. The number of esters is 1. The van der Waals surface area contributed by atoms with E-state index in [9.17, 15) is 27.6 Å². The fraction of sp³-hybridized carbons (Fsp3) is 0.120. The number of sulfonamides is 1. The highest BCUT2D eigenvalue weighted by atomic mass is 32.2. The number of rotatable bonds is 8. The summed E-state index contributed by atoms with van der Waals surface area (Å²) in [5.74, 6) is -2.86. The van der Waals surface area contributed by atoms with Crippen molar-refractivity contribution in [1.29, 1.82) is 0 Å². The molecule has 3 amide bonds. The van der Waals surface area contributed by atoms with Gasteiger partial charge in [-0.3, -0.25) is 19.3 Å². The predicted octanol–water partition coefficient (Wildman–Crippen LogP) is 1.72. The molecule has 0 saturated heterocycles. The van der Waals surface area contributed by atoms with Gasteiger partial charge in [0, 0.05) is 12.1 Å². The van der Waals surface area contributed by atoms with Gasteiger partial charge in [-0.1, -0.05) is 42.5 Å². The molecular weight excluding hydrogens is 486 g/mol. The Bertz CT molecular complexity index is 1400. The molecule has 1 unspecified atom stereocenters. The van der Waals surface area contributed by atoms with E-state index in [2.05, 4.69) is 5.32 Å². The summed E-state index contributed by atoms with van der Waals surface area (Å²) in [5.41, 5.74) is 1.32. The molecule has 0 saturated carbocycles. The zero-order valence-corrected chi connectivity index (χ0v) is 19.6. The van der Waals surface area contributed by atoms with Crippen molar-refractivity contribution in [3.05, 3.63) is 95.6 Å².